The summed E-state index contributed by atoms with van der Waals surface area (Å²) >= 11 is 12.0. The molecule has 0 spiro atoms. The molecule has 0 heterocycles. The quantitative estimate of drug-likeness (QED) is 0.397. The first-order valence-electron chi connectivity index (χ1n) is 10.6. The van der Waals surface area contributed by atoms with E-state index in [4.69, 9.17) is 23.2 Å². The summed E-state index contributed by atoms with van der Waals surface area (Å²) in [5.41, 5.74) is -2.93. The highest BCUT2D eigenvalue weighted by Gasteiger charge is 2.58. The zero-order valence-corrected chi connectivity index (χ0v) is 19.9. The number of alkyl halides is 3. The lowest BCUT2D eigenvalue weighted by atomic mass is 9.57. The van der Waals surface area contributed by atoms with Gasteiger partial charge in [0, 0.05) is 5.02 Å². The van der Waals surface area contributed by atoms with Gasteiger partial charge in [-0.05, 0) is 55.2 Å². The van der Waals surface area contributed by atoms with Crippen molar-refractivity contribution in [1.82, 2.24) is 0 Å². The van der Waals surface area contributed by atoms with Crippen LogP contribution in [0.5, 0.6) is 0 Å². The Kier molecular flexibility index (Phi) is 7.27. The number of nitrogens with one attached hydrogen (secondary N) is 1. The summed E-state index contributed by atoms with van der Waals surface area (Å²) in [6, 6.07) is 9.61. The third kappa shape index (κ3) is 4.76. The topological polar surface area (TPSA) is 86.6 Å². The number of halogens is 5. The summed E-state index contributed by atoms with van der Waals surface area (Å²) in [6.45, 7) is 2.28. The van der Waals surface area contributed by atoms with Gasteiger partial charge in [0.1, 0.15) is 11.0 Å². The third-order valence-corrected chi connectivity index (χ3v) is 7.44. The van der Waals surface area contributed by atoms with Gasteiger partial charge in [0.05, 0.1) is 22.5 Å². The molecule has 3 atom stereocenters. The smallest absolute Gasteiger partial charge is 0.392 e. The minimum atomic E-state index is -4.66. The van der Waals surface area contributed by atoms with Crippen LogP contribution < -0.4 is 5.32 Å². The molecule has 10 heteroatoms. The summed E-state index contributed by atoms with van der Waals surface area (Å²) in [5.74, 6) is -5.73. The SMILES string of the molecule is C[C@H]([C@H](C(=O)Nc1cc(C(C)(O)C2(C(=O)O)CCC2)ccc1Cl)c1ccc(Cl)cc1)C(F)(F)F. The monoisotopic (exact) mass is 517 g/mol. The van der Waals surface area contributed by atoms with Crippen molar-refractivity contribution >= 4 is 40.8 Å². The summed E-state index contributed by atoms with van der Waals surface area (Å²) in [7, 11) is 0. The summed E-state index contributed by atoms with van der Waals surface area (Å²) < 4.78 is 40.8. The van der Waals surface area contributed by atoms with E-state index in [1.165, 1.54) is 49.4 Å². The highest BCUT2D eigenvalue weighted by atomic mass is 35.5. The molecule has 0 aliphatic heterocycles. The summed E-state index contributed by atoms with van der Waals surface area (Å²) in [6.07, 6.45) is -3.49. The van der Waals surface area contributed by atoms with Crippen molar-refractivity contribution in [3.63, 3.8) is 0 Å². The van der Waals surface area contributed by atoms with Crippen LogP contribution in [0.15, 0.2) is 42.5 Å². The molecule has 2 aromatic carbocycles. The average molecular weight is 518 g/mol. The molecule has 0 radical (unpaired) electrons. The van der Waals surface area contributed by atoms with E-state index in [0.717, 1.165) is 6.92 Å². The molecule has 5 nitrogen and oxygen atoms in total. The Hall–Kier alpha value is -2.29. The van der Waals surface area contributed by atoms with E-state index in [0.29, 0.717) is 11.4 Å². The molecular formula is C24H24Cl2F3NO4. The molecule has 3 N–H and O–H groups in total. The molecule has 1 fully saturated rings. The number of rotatable bonds is 7. The number of hydrogen-bond acceptors (Lipinski definition) is 3. The third-order valence-electron chi connectivity index (χ3n) is 6.86. The van der Waals surface area contributed by atoms with Crippen LogP contribution in [-0.4, -0.2) is 28.3 Å². The van der Waals surface area contributed by atoms with Crippen molar-refractivity contribution in [2.75, 3.05) is 5.32 Å². The van der Waals surface area contributed by atoms with Gasteiger partial charge in [-0.2, -0.15) is 13.2 Å². The van der Waals surface area contributed by atoms with Gasteiger partial charge >= 0.3 is 12.1 Å². The van der Waals surface area contributed by atoms with Crippen molar-refractivity contribution in [3.8, 4) is 0 Å². The van der Waals surface area contributed by atoms with E-state index < -0.39 is 40.9 Å². The van der Waals surface area contributed by atoms with Gasteiger partial charge in [0.25, 0.3) is 0 Å². The number of aliphatic carboxylic acids is 1. The van der Waals surface area contributed by atoms with Crippen molar-refractivity contribution in [1.29, 1.82) is 0 Å². The Morgan fingerprint density at radius 3 is 2.15 bits per heavy atom. The molecule has 1 saturated carbocycles. The molecule has 34 heavy (non-hydrogen) atoms. The number of hydrogen-bond donors (Lipinski definition) is 3. The number of carbonyl (C=O) groups excluding carboxylic acids is 1. The van der Waals surface area contributed by atoms with E-state index in [1.54, 1.807) is 0 Å². The number of anilines is 1. The minimum absolute atomic E-state index is 0.0282. The van der Waals surface area contributed by atoms with Crippen LogP contribution in [0.4, 0.5) is 18.9 Å². The van der Waals surface area contributed by atoms with Crippen LogP contribution >= 0.6 is 23.2 Å². The molecule has 184 valence electrons. The normalized spacial score (nSPS) is 18.8. The lowest BCUT2D eigenvalue weighted by molar-refractivity contribution is -0.183. The van der Waals surface area contributed by atoms with E-state index in [9.17, 15) is 33.0 Å². The zero-order valence-electron chi connectivity index (χ0n) is 18.4. The van der Waals surface area contributed by atoms with Crippen molar-refractivity contribution in [3.05, 3.63) is 63.6 Å². The lowest BCUT2D eigenvalue weighted by Gasteiger charge is -2.48. The molecule has 2 aromatic rings. The first-order chi connectivity index (χ1) is 15.7. The predicted octanol–water partition coefficient (Wildman–Crippen LogP) is 6.38. The van der Waals surface area contributed by atoms with Gasteiger partial charge in [-0.15, -0.1) is 0 Å². The van der Waals surface area contributed by atoms with Crippen LogP contribution in [0.25, 0.3) is 0 Å². The first-order valence-corrected chi connectivity index (χ1v) is 11.3. The maximum Gasteiger partial charge on any atom is 0.392 e. The molecule has 3 rings (SSSR count). The summed E-state index contributed by atoms with van der Waals surface area (Å²) in [4.78, 5) is 25.0. The molecular weight excluding hydrogens is 494 g/mol. The molecule has 1 aliphatic carbocycles. The molecule has 1 amide bonds. The second kappa shape index (κ2) is 9.40. The number of carboxylic acids is 1. The standard InChI is InChI=1S/C24H24Cl2F3NO4/c1-13(24(27,28)29)19(14-4-7-16(25)8-5-14)20(31)30-18-12-15(6-9-17(18)26)22(2,34)23(21(32)33)10-3-11-23/h4-9,12-13,19,34H,3,10-11H2,1-2H3,(H,30,31)(H,32,33)/t13-,19+,22?/m1/s1. The van der Waals surface area contributed by atoms with Crippen molar-refractivity contribution in [2.45, 2.75) is 50.8 Å². The van der Waals surface area contributed by atoms with E-state index in [2.05, 4.69) is 5.32 Å². The van der Waals surface area contributed by atoms with Gasteiger partial charge in [-0.1, -0.05) is 54.7 Å². The fraction of sp³-hybridized carbons (Fsp3) is 0.417. The Bertz CT molecular complexity index is 1080. The number of aliphatic hydroxyl groups is 1. The van der Waals surface area contributed by atoms with Crippen molar-refractivity contribution < 1.29 is 33.0 Å². The number of carboxylic acid groups (broad SMARTS) is 1. The zero-order chi connectivity index (χ0) is 25.5. The lowest BCUT2D eigenvalue weighted by Crippen LogP contribution is -2.53. The average Bonchev–Trinajstić information content (AvgIpc) is 2.69. The molecule has 0 saturated heterocycles. The van der Waals surface area contributed by atoms with Crippen LogP contribution in [0.2, 0.25) is 10.0 Å². The molecule has 0 aromatic heterocycles. The Balaban J connectivity index is 1.97. The highest BCUT2D eigenvalue weighted by Crippen LogP contribution is 2.54. The largest absolute Gasteiger partial charge is 0.481 e. The number of amides is 1. The van der Waals surface area contributed by atoms with Crippen LogP contribution in [0.3, 0.4) is 0 Å². The summed E-state index contributed by atoms with van der Waals surface area (Å²) in [5, 5.41) is 23.7. The van der Waals surface area contributed by atoms with Gasteiger partial charge in [-0.25, -0.2) is 0 Å². The van der Waals surface area contributed by atoms with Gasteiger partial charge < -0.3 is 15.5 Å². The van der Waals surface area contributed by atoms with Gasteiger partial charge in [0.15, 0.2) is 0 Å². The van der Waals surface area contributed by atoms with Gasteiger partial charge in [-0.3, -0.25) is 9.59 Å². The molecule has 1 aliphatic rings. The number of benzene rings is 2. The first kappa shape index (κ1) is 26.3. The maximum atomic E-state index is 13.6. The predicted molar refractivity (Wildman–Crippen MR) is 123 cm³/mol. The number of carbonyl (C=O) groups is 2. The Labute approximate surface area is 204 Å². The second-order valence-corrected chi connectivity index (χ2v) is 9.70. The molecule has 0 bridgehead atoms. The van der Waals surface area contributed by atoms with Crippen LogP contribution in [0.1, 0.15) is 50.2 Å². The second-order valence-electron chi connectivity index (χ2n) is 8.86. The maximum absolute atomic E-state index is 13.6. The van der Waals surface area contributed by atoms with Crippen LogP contribution in [-0.2, 0) is 15.2 Å². The van der Waals surface area contributed by atoms with E-state index >= 15 is 0 Å². The van der Waals surface area contributed by atoms with E-state index in [-0.39, 0.29) is 34.7 Å². The highest BCUT2D eigenvalue weighted by molar-refractivity contribution is 6.33. The Morgan fingerprint density at radius 2 is 1.68 bits per heavy atom. The van der Waals surface area contributed by atoms with E-state index in [1.807, 2.05) is 0 Å². The Morgan fingerprint density at radius 1 is 1.09 bits per heavy atom. The fourth-order valence-electron chi connectivity index (χ4n) is 4.38. The van der Waals surface area contributed by atoms with Crippen LogP contribution in [0, 0.1) is 11.3 Å². The minimum Gasteiger partial charge on any atom is -0.481 e. The molecule has 1 unspecified atom stereocenters. The van der Waals surface area contributed by atoms with Gasteiger partial charge in [0.2, 0.25) is 5.91 Å². The van der Waals surface area contributed by atoms with Crippen molar-refractivity contribution in [2.24, 2.45) is 11.3 Å². The fourth-order valence-corrected chi connectivity index (χ4v) is 4.67.